The Labute approximate surface area is 68.8 Å². The first-order valence-electron chi connectivity index (χ1n) is 4.95. The fourth-order valence-electron chi connectivity index (χ4n) is 3.02. The molecule has 3 fully saturated rings. The summed E-state index contributed by atoms with van der Waals surface area (Å²) in [6.45, 7) is 1.96. The summed E-state index contributed by atoms with van der Waals surface area (Å²) in [5.74, 6) is 2.46. The second-order valence-corrected chi connectivity index (χ2v) is 4.42. The van der Waals surface area contributed by atoms with E-state index in [1.807, 2.05) is 6.92 Å². The summed E-state index contributed by atoms with van der Waals surface area (Å²) in [5, 5.41) is 9.50. The number of aliphatic hydroxyl groups is 1. The Morgan fingerprint density at radius 2 is 1.82 bits per heavy atom. The highest BCUT2D eigenvalue weighted by molar-refractivity contribution is 4.88. The molecule has 3 rings (SSSR count). The summed E-state index contributed by atoms with van der Waals surface area (Å²) in [4.78, 5) is 0. The maximum absolute atomic E-state index is 9.50. The molecule has 1 N–H and O–H groups in total. The minimum absolute atomic E-state index is 0.0527. The van der Waals surface area contributed by atoms with E-state index in [9.17, 15) is 5.11 Å². The van der Waals surface area contributed by atoms with E-state index < -0.39 is 0 Å². The molecule has 0 spiro atoms. The summed E-state index contributed by atoms with van der Waals surface area (Å²) >= 11 is 0. The lowest BCUT2D eigenvalue weighted by Crippen LogP contribution is -2.36. The van der Waals surface area contributed by atoms with Crippen molar-refractivity contribution in [3.63, 3.8) is 0 Å². The van der Waals surface area contributed by atoms with E-state index in [0.29, 0.717) is 5.92 Å². The van der Waals surface area contributed by atoms with Crippen molar-refractivity contribution in [1.29, 1.82) is 0 Å². The van der Waals surface area contributed by atoms with Crippen LogP contribution in [0.2, 0.25) is 0 Å². The lowest BCUT2D eigenvalue weighted by molar-refractivity contribution is 0.00603. The Morgan fingerprint density at radius 1 is 1.18 bits per heavy atom. The first-order valence-corrected chi connectivity index (χ1v) is 4.95. The van der Waals surface area contributed by atoms with Crippen molar-refractivity contribution in [2.75, 3.05) is 0 Å². The lowest BCUT2D eigenvalue weighted by Gasteiger charge is -2.43. The Hall–Kier alpha value is -0.0400. The van der Waals surface area contributed by atoms with Crippen molar-refractivity contribution in [1.82, 2.24) is 0 Å². The number of hydrogen-bond donors (Lipinski definition) is 1. The summed E-state index contributed by atoms with van der Waals surface area (Å²) in [5.41, 5.74) is 0. The van der Waals surface area contributed by atoms with Crippen molar-refractivity contribution in [2.24, 2.45) is 17.8 Å². The molecular formula is C10H18O. The summed E-state index contributed by atoms with van der Waals surface area (Å²) in [6.07, 6.45) is 6.91. The van der Waals surface area contributed by atoms with Crippen molar-refractivity contribution in [3.05, 3.63) is 0 Å². The van der Waals surface area contributed by atoms with E-state index in [-0.39, 0.29) is 6.10 Å². The van der Waals surface area contributed by atoms with Gasteiger partial charge in [0.25, 0.3) is 0 Å². The highest BCUT2D eigenvalue weighted by Gasteiger charge is 2.37. The zero-order valence-electron chi connectivity index (χ0n) is 7.29. The minimum Gasteiger partial charge on any atom is -0.393 e. The molecule has 0 heterocycles. The van der Waals surface area contributed by atoms with Crippen molar-refractivity contribution < 1.29 is 5.11 Å². The third-order valence-electron chi connectivity index (χ3n) is 3.72. The third-order valence-corrected chi connectivity index (χ3v) is 3.72. The smallest absolute Gasteiger partial charge is 0.0543 e. The monoisotopic (exact) mass is 154 g/mol. The highest BCUT2D eigenvalue weighted by atomic mass is 16.3. The van der Waals surface area contributed by atoms with Crippen molar-refractivity contribution in [3.8, 4) is 0 Å². The van der Waals surface area contributed by atoms with Gasteiger partial charge in [0.15, 0.2) is 0 Å². The van der Waals surface area contributed by atoms with Crippen LogP contribution in [0, 0.1) is 17.8 Å². The fourth-order valence-corrected chi connectivity index (χ4v) is 3.02. The second kappa shape index (κ2) is 2.78. The van der Waals surface area contributed by atoms with Gasteiger partial charge in [-0.1, -0.05) is 12.8 Å². The van der Waals surface area contributed by atoms with Gasteiger partial charge in [-0.2, -0.15) is 0 Å². The molecule has 0 radical (unpaired) electrons. The van der Waals surface area contributed by atoms with E-state index in [4.69, 9.17) is 0 Å². The molecule has 0 aromatic heterocycles. The van der Waals surface area contributed by atoms with Crippen LogP contribution in [0.25, 0.3) is 0 Å². The molecule has 2 bridgehead atoms. The van der Waals surface area contributed by atoms with Crippen LogP contribution in [0.5, 0.6) is 0 Å². The summed E-state index contributed by atoms with van der Waals surface area (Å²) in [7, 11) is 0. The van der Waals surface area contributed by atoms with Gasteiger partial charge >= 0.3 is 0 Å². The Morgan fingerprint density at radius 3 is 2.09 bits per heavy atom. The third kappa shape index (κ3) is 1.31. The van der Waals surface area contributed by atoms with Crippen LogP contribution < -0.4 is 0 Å². The molecule has 1 heteroatoms. The zero-order valence-corrected chi connectivity index (χ0v) is 7.29. The molecule has 11 heavy (non-hydrogen) atoms. The zero-order chi connectivity index (χ0) is 7.84. The van der Waals surface area contributed by atoms with Gasteiger partial charge in [0.1, 0.15) is 0 Å². The lowest BCUT2D eigenvalue weighted by atomic mass is 9.63. The van der Waals surface area contributed by atoms with Crippen LogP contribution >= 0.6 is 0 Å². The Kier molecular flexibility index (Phi) is 1.92. The fraction of sp³-hybridized carbons (Fsp3) is 1.00. The van der Waals surface area contributed by atoms with Gasteiger partial charge in [-0.3, -0.25) is 0 Å². The van der Waals surface area contributed by atoms with Gasteiger partial charge in [0.05, 0.1) is 6.10 Å². The maximum Gasteiger partial charge on any atom is 0.0543 e. The molecule has 0 aromatic carbocycles. The Bertz CT molecular complexity index is 134. The van der Waals surface area contributed by atoms with Gasteiger partial charge < -0.3 is 5.11 Å². The van der Waals surface area contributed by atoms with Gasteiger partial charge in [-0.25, -0.2) is 0 Å². The molecule has 3 aliphatic rings. The van der Waals surface area contributed by atoms with Crippen LogP contribution in [0.4, 0.5) is 0 Å². The maximum atomic E-state index is 9.50. The predicted octanol–water partition coefficient (Wildman–Crippen LogP) is 2.19. The molecule has 0 aromatic rings. The first-order chi connectivity index (χ1) is 5.27. The highest BCUT2D eigenvalue weighted by Crippen LogP contribution is 2.46. The van der Waals surface area contributed by atoms with Crippen LogP contribution in [-0.2, 0) is 0 Å². The van der Waals surface area contributed by atoms with Crippen molar-refractivity contribution in [2.45, 2.75) is 45.1 Å². The van der Waals surface area contributed by atoms with Crippen LogP contribution in [0.1, 0.15) is 39.0 Å². The topological polar surface area (TPSA) is 20.2 Å². The van der Waals surface area contributed by atoms with E-state index in [1.54, 1.807) is 0 Å². The second-order valence-electron chi connectivity index (χ2n) is 4.42. The Balaban J connectivity index is 2.03. The molecule has 0 saturated heterocycles. The molecule has 3 saturated carbocycles. The number of rotatable bonds is 1. The summed E-state index contributed by atoms with van der Waals surface area (Å²) < 4.78 is 0. The normalized spacial score (nSPS) is 45.8. The molecule has 0 amide bonds. The molecule has 64 valence electrons. The average Bonchev–Trinajstić information content (AvgIpc) is 2.06. The van der Waals surface area contributed by atoms with Gasteiger partial charge in [-0.05, 0) is 43.9 Å². The SMILES string of the molecule is CC(O)[C@@H]1CC2CCC1CC2. The molecule has 3 aliphatic carbocycles. The standard InChI is InChI=1S/C10H18O/c1-7(11)10-6-8-2-4-9(10)5-3-8/h7-11H,2-6H2,1H3/t7?,8?,9?,10-/m0/s1. The number of fused-ring (bicyclic) bond motifs is 3. The number of hydrogen-bond acceptors (Lipinski definition) is 1. The quantitative estimate of drug-likeness (QED) is 0.614. The van der Waals surface area contributed by atoms with E-state index in [0.717, 1.165) is 11.8 Å². The predicted molar refractivity (Wildman–Crippen MR) is 45.2 cm³/mol. The van der Waals surface area contributed by atoms with Gasteiger partial charge in [0.2, 0.25) is 0 Å². The van der Waals surface area contributed by atoms with E-state index >= 15 is 0 Å². The molecule has 2 atom stereocenters. The molecule has 1 nitrogen and oxygen atoms in total. The number of aliphatic hydroxyl groups excluding tert-OH is 1. The van der Waals surface area contributed by atoms with Crippen LogP contribution in [-0.4, -0.2) is 11.2 Å². The minimum atomic E-state index is -0.0527. The van der Waals surface area contributed by atoms with Crippen LogP contribution in [0.15, 0.2) is 0 Å². The molecular weight excluding hydrogens is 136 g/mol. The van der Waals surface area contributed by atoms with E-state index in [2.05, 4.69) is 0 Å². The molecule has 1 unspecified atom stereocenters. The van der Waals surface area contributed by atoms with Crippen molar-refractivity contribution >= 4 is 0 Å². The van der Waals surface area contributed by atoms with Gasteiger partial charge in [-0.15, -0.1) is 0 Å². The van der Waals surface area contributed by atoms with Gasteiger partial charge in [0, 0.05) is 0 Å². The molecule has 0 aliphatic heterocycles. The average molecular weight is 154 g/mol. The largest absolute Gasteiger partial charge is 0.393 e. The van der Waals surface area contributed by atoms with E-state index in [1.165, 1.54) is 32.1 Å². The summed E-state index contributed by atoms with van der Waals surface area (Å²) in [6, 6.07) is 0. The first kappa shape index (κ1) is 7.60. The van der Waals surface area contributed by atoms with Crippen LogP contribution in [0.3, 0.4) is 0 Å².